The van der Waals surface area contributed by atoms with Crippen molar-refractivity contribution in [2.24, 2.45) is 11.1 Å². The highest BCUT2D eigenvalue weighted by molar-refractivity contribution is 5.83. The first-order valence-corrected chi connectivity index (χ1v) is 6.34. The van der Waals surface area contributed by atoms with E-state index in [1.54, 1.807) is 0 Å². The molecule has 0 saturated heterocycles. The molecule has 3 heteroatoms. The SMILES string of the molecule is CCC(CC)(CN)C(=O)NC1CC=CCC1. The molecule has 1 unspecified atom stereocenters. The second-order valence-corrected chi connectivity index (χ2v) is 4.65. The highest BCUT2D eigenvalue weighted by Crippen LogP contribution is 2.26. The van der Waals surface area contributed by atoms with E-state index in [-0.39, 0.29) is 11.3 Å². The predicted molar refractivity (Wildman–Crippen MR) is 67.0 cm³/mol. The zero-order valence-electron chi connectivity index (χ0n) is 10.5. The molecule has 0 aromatic heterocycles. The Labute approximate surface area is 98.5 Å². The van der Waals surface area contributed by atoms with Crippen molar-refractivity contribution < 1.29 is 4.79 Å². The van der Waals surface area contributed by atoms with Gasteiger partial charge in [0.1, 0.15) is 0 Å². The Kier molecular flexibility index (Phi) is 5.00. The number of hydrogen-bond donors (Lipinski definition) is 2. The second kappa shape index (κ2) is 6.04. The average Bonchev–Trinajstić information content (AvgIpc) is 2.33. The molecule has 0 aromatic rings. The van der Waals surface area contributed by atoms with Crippen molar-refractivity contribution in [2.75, 3.05) is 6.54 Å². The van der Waals surface area contributed by atoms with Gasteiger partial charge in [-0.1, -0.05) is 26.0 Å². The van der Waals surface area contributed by atoms with E-state index in [2.05, 4.69) is 17.5 Å². The number of carbonyl (C=O) groups excluding carboxylic acids is 1. The quantitative estimate of drug-likeness (QED) is 0.702. The number of carbonyl (C=O) groups is 1. The normalized spacial score (nSPS) is 20.8. The van der Waals surface area contributed by atoms with Gasteiger partial charge in [-0.3, -0.25) is 4.79 Å². The molecule has 1 atom stereocenters. The van der Waals surface area contributed by atoms with Crippen LogP contribution in [0.2, 0.25) is 0 Å². The number of amides is 1. The minimum atomic E-state index is -0.360. The fourth-order valence-electron chi connectivity index (χ4n) is 2.22. The van der Waals surface area contributed by atoms with Gasteiger partial charge in [0.05, 0.1) is 5.41 Å². The lowest BCUT2D eigenvalue weighted by molar-refractivity contribution is -0.131. The van der Waals surface area contributed by atoms with Crippen LogP contribution in [0.4, 0.5) is 0 Å². The van der Waals surface area contributed by atoms with Gasteiger partial charge in [-0.2, -0.15) is 0 Å². The van der Waals surface area contributed by atoms with Crippen LogP contribution in [0.3, 0.4) is 0 Å². The van der Waals surface area contributed by atoms with Crippen LogP contribution in [-0.2, 0) is 4.79 Å². The molecule has 0 heterocycles. The smallest absolute Gasteiger partial charge is 0.227 e. The number of rotatable bonds is 5. The van der Waals surface area contributed by atoms with Gasteiger partial charge < -0.3 is 11.1 Å². The lowest BCUT2D eigenvalue weighted by atomic mass is 9.81. The van der Waals surface area contributed by atoms with Crippen LogP contribution in [0.15, 0.2) is 12.2 Å². The first-order valence-electron chi connectivity index (χ1n) is 6.34. The van der Waals surface area contributed by atoms with Gasteiger partial charge in [-0.05, 0) is 32.1 Å². The standard InChI is InChI=1S/C13H24N2O/c1-3-13(4-2,10-14)12(16)15-11-8-6-5-7-9-11/h5-6,11H,3-4,7-10,14H2,1-2H3,(H,15,16). The van der Waals surface area contributed by atoms with E-state index in [1.807, 2.05) is 13.8 Å². The highest BCUT2D eigenvalue weighted by atomic mass is 16.2. The van der Waals surface area contributed by atoms with E-state index in [0.717, 1.165) is 32.1 Å². The summed E-state index contributed by atoms with van der Waals surface area (Å²) in [4.78, 5) is 12.2. The third-order valence-corrected chi connectivity index (χ3v) is 3.83. The maximum absolute atomic E-state index is 12.2. The molecule has 0 spiro atoms. The zero-order valence-corrected chi connectivity index (χ0v) is 10.5. The number of hydrogen-bond acceptors (Lipinski definition) is 2. The third kappa shape index (κ3) is 2.85. The Hall–Kier alpha value is -0.830. The van der Waals surface area contributed by atoms with Gasteiger partial charge in [0.15, 0.2) is 0 Å². The van der Waals surface area contributed by atoms with Crippen LogP contribution >= 0.6 is 0 Å². The topological polar surface area (TPSA) is 55.1 Å². The summed E-state index contributed by atoms with van der Waals surface area (Å²) in [6, 6.07) is 0.307. The monoisotopic (exact) mass is 224 g/mol. The fraction of sp³-hybridized carbons (Fsp3) is 0.769. The Morgan fingerprint density at radius 3 is 2.56 bits per heavy atom. The minimum absolute atomic E-state index is 0.139. The molecule has 3 N–H and O–H groups in total. The van der Waals surface area contributed by atoms with Crippen LogP contribution in [0.5, 0.6) is 0 Å². The second-order valence-electron chi connectivity index (χ2n) is 4.65. The van der Waals surface area contributed by atoms with Crippen molar-refractivity contribution in [3.8, 4) is 0 Å². The maximum Gasteiger partial charge on any atom is 0.227 e. The summed E-state index contributed by atoms with van der Waals surface area (Å²) in [6.07, 6.45) is 9.03. The van der Waals surface area contributed by atoms with Crippen molar-refractivity contribution in [3.05, 3.63) is 12.2 Å². The van der Waals surface area contributed by atoms with Gasteiger partial charge in [-0.15, -0.1) is 0 Å². The summed E-state index contributed by atoms with van der Waals surface area (Å²) >= 11 is 0. The minimum Gasteiger partial charge on any atom is -0.353 e. The van der Waals surface area contributed by atoms with E-state index >= 15 is 0 Å². The summed E-state index contributed by atoms with van der Waals surface area (Å²) in [5.74, 6) is 0.139. The van der Waals surface area contributed by atoms with Crippen molar-refractivity contribution in [2.45, 2.75) is 52.0 Å². The molecule has 0 saturated carbocycles. The highest BCUT2D eigenvalue weighted by Gasteiger charge is 2.34. The Balaban J connectivity index is 2.58. The summed E-state index contributed by atoms with van der Waals surface area (Å²) in [5, 5.41) is 3.14. The van der Waals surface area contributed by atoms with Crippen molar-refractivity contribution >= 4 is 5.91 Å². The van der Waals surface area contributed by atoms with Crippen LogP contribution < -0.4 is 11.1 Å². The number of allylic oxidation sites excluding steroid dienone is 1. The lowest BCUT2D eigenvalue weighted by Gasteiger charge is -2.31. The molecule has 3 nitrogen and oxygen atoms in total. The predicted octanol–water partition coefficient (Wildman–Crippen LogP) is 1.98. The maximum atomic E-state index is 12.2. The Morgan fingerprint density at radius 2 is 2.12 bits per heavy atom. The van der Waals surface area contributed by atoms with E-state index in [9.17, 15) is 4.79 Å². The zero-order chi connectivity index (χ0) is 12.0. The first kappa shape index (κ1) is 13.2. The van der Waals surface area contributed by atoms with Crippen molar-refractivity contribution in [1.29, 1.82) is 0 Å². The molecule has 0 aromatic carbocycles. The lowest BCUT2D eigenvalue weighted by Crippen LogP contribution is -2.48. The molecule has 0 aliphatic heterocycles. The molecule has 0 radical (unpaired) electrons. The van der Waals surface area contributed by atoms with Crippen molar-refractivity contribution in [1.82, 2.24) is 5.32 Å². The summed E-state index contributed by atoms with van der Waals surface area (Å²) in [5.41, 5.74) is 5.40. The Morgan fingerprint density at radius 1 is 1.44 bits per heavy atom. The van der Waals surface area contributed by atoms with Gasteiger partial charge in [0, 0.05) is 12.6 Å². The van der Waals surface area contributed by atoms with E-state index < -0.39 is 0 Å². The van der Waals surface area contributed by atoms with Gasteiger partial charge in [-0.25, -0.2) is 0 Å². The van der Waals surface area contributed by atoms with Crippen LogP contribution in [0.1, 0.15) is 46.0 Å². The van der Waals surface area contributed by atoms with E-state index in [4.69, 9.17) is 5.73 Å². The molecule has 1 aliphatic carbocycles. The summed E-state index contributed by atoms with van der Waals surface area (Å²) in [6.45, 7) is 4.52. The van der Waals surface area contributed by atoms with E-state index in [0.29, 0.717) is 12.6 Å². The number of nitrogens with two attached hydrogens (primary N) is 1. The van der Waals surface area contributed by atoms with Crippen LogP contribution in [0.25, 0.3) is 0 Å². The van der Waals surface area contributed by atoms with Gasteiger partial charge in [0.2, 0.25) is 5.91 Å². The molecule has 92 valence electrons. The molecular formula is C13H24N2O. The molecule has 1 aliphatic rings. The molecule has 16 heavy (non-hydrogen) atoms. The molecule has 1 amide bonds. The molecule has 0 fully saturated rings. The summed E-state index contributed by atoms with van der Waals surface area (Å²) in [7, 11) is 0. The van der Waals surface area contributed by atoms with Gasteiger partial charge in [0.25, 0.3) is 0 Å². The summed E-state index contributed by atoms with van der Waals surface area (Å²) < 4.78 is 0. The van der Waals surface area contributed by atoms with Crippen LogP contribution in [-0.4, -0.2) is 18.5 Å². The molecular weight excluding hydrogens is 200 g/mol. The fourth-order valence-corrected chi connectivity index (χ4v) is 2.22. The van der Waals surface area contributed by atoms with Gasteiger partial charge >= 0.3 is 0 Å². The largest absolute Gasteiger partial charge is 0.353 e. The first-order chi connectivity index (χ1) is 7.68. The average molecular weight is 224 g/mol. The molecule has 1 rings (SSSR count). The van der Waals surface area contributed by atoms with E-state index in [1.165, 1.54) is 0 Å². The van der Waals surface area contributed by atoms with Crippen molar-refractivity contribution in [3.63, 3.8) is 0 Å². The number of nitrogens with one attached hydrogen (secondary N) is 1. The third-order valence-electron chi connectivity index (χ3n) is 3.83. The molecule has 0 bridgehead atoms. The van der Waals surface area contributed by atoms with Crippen LogP contribution in [0, 0.1) is 5.41 Å². The Bertz CT molecular complexity index is 248.